The zero-order valence-electron chi connectivity index (χ0n) is 49.6. The summed E-state index contributed by atoms with van der Waals surface area (Å²) in [4.78, 5) is 114. The molecule has 4 amide bonds. The number of aryl methyl sites for hydroxylation is 4. The number of benzene rings is 5. The Morgan fingerprint density at radius 2 is 1.01 bits per heavy atom. The molecule has 5 aromatic carbocycles. The van der Waals surface area contributed by atoms with E-state index >= 15 is 0 Å². The van der Waals surface area contributed by atoms with Crippen molar-refractivity contribution in [1.82, 2.24) is 20.9 Å². The van der Waals surface area contributed by atoms with E-state index in [4.69, 9.17) is 22.0 Å². The van der Waals surface area contributed by atoms with Gasteiger partial charge in [-0.1, -0.05) is 34.4 Å². The van der Waals surface area contributed by atoms with Crippen molar-refractivity contribution < 1.29 is 84.5 Å². The van der Waals surface area contributed by atoms with Gasteiger partial charge in [-0.3, -0.25) is 34.8 Å². The number of hydrogen-bond donors (Lipinski definition) is 3. The molecule has 23 heteroatoms. The van der Waals surface area contributed by atoms with Crippen LogP contribution in [0.1, 0.15) is 127 Å². The van der Waals surface area contributed by atoms with Gasteiger partial charge in [0.05, 0.1) is 17.7 Å². The van der Waals surface area contributed by atoms with Gasteiger partial charge in [0.1, 0.15) is 13.2 Å². The number of hydrogen-bond acceptors (Lipinski definition) is 18. The van der Waals surface area contributed by atoms with Crippen molar-refractivity contribution in [2.45, 2.75) is 106 Å². The molecule has 8 rings (SSSR count). The Balaban J connectivity index is 0.000000205. The Bertz CT molecular complexity index is 3370. The van der Waals surface area contributed by atoms with Crippen LogP contribution in [0.5, 0.6) is 23.0 Å². The number of aldehydes is 1. The molecule has 0 saturated carbocycles. The molecule has 0 fully saturated rings. The molecule has 3 N–H and O–H groups in total. The summed E-state index contributed by atoms with van der Waals surface area (Å²) < 4.78 is 37.9. The van der Waals surface area contributed by atoms with E-state index in [1.165, 1.54) is 34.3 Å². The quantitative estimate of drug-likeness (QED) is 0.0407. The number of ether oxygens (including phenoxy) is 7. The standard InChI is InChI=1S/C24H30N2O5.C24H28N2O5.C13H13IO8/c2*1-14-9-15(2)11-17(10-14)23(29)26(24(4,5)6)25-22(28)19-7-8-20-21(16(19)3)31-18(12-27)13-30-20;1-19-11(16)14(12(17)20-2,13(18)21-3)9-7-5-4-6-8(9)10(15)22-14/h7-11,18,27H,12-13H2,1-6H3,(H,25,28);7-12,18H,13H2,1-6H3,(H,25,28);4-7H,1-3H3/t2*18-;/m00./s1. The predicted molar refractivity (Wildman–Crippen MR) is 316 cm³/mol. The van der Waals surface area contributed by atoms with Crippen LogP contribution in [0, 0.1) is 45.1 Å². The van der Waals surface area contributed by atoms with E-state index in [0.717, 1.165) is 43.6 Å². The number of fused-ring (bicyclic) bond motifs is 3. The topological polar surface area (TPSA) is 278 Å². The predicted octanol–water partition coefficient (Wildman–Crippen LogP) is 9.68. The third-order valence-corrected chi connectivity index (χ3v) is 24.0. The van der Waals surface area contributed by atoms with E-state index in [2.05, 4.69) is 25.1 Å². The first-order chi connectivity index (χ1) is 39.4. The van der Waals surface area contributed by atoms with E-state index in [-0.39, 0.29) is 40.8 Å². The molecule has 450 valence electrons. The number of aliphatic hydroxyl groups is 1. The Hall–Kier alpha value is -8.58. The maximum Gasteiger partial charge on any atom is 0.272 e. The van der Waals surface area contributed by atoms with Gasteiger partial charge >= 0.3 is 127 Å². The zero-order chi connectivity index (χ0) is 62.4. The summed E-state index contributed by atoms with van der Waals surface area (Å²) in [5.41, 5.74) is 10.9. The van der Waals surface area contributed by atoms with Gasteiger partial charge in [0.25, 0.3) is 23.6 Å². The van der Waals surface area contributed by atoms with E-state index in [0.29, 0.717) is 62.7 Å². The fourth-order valence-electron chi connectivity index (χ4n) is 9.21. The smallest absolute Gasteiger partial charge is 0.272 e. The summed E-state index contributed by atoms with van der Waals surface area (Å²) >= 11 is -6.22. The molecule has 0 saturated heterocycles. The minimum absolute atomic E-state index is 0.0576. The zero-order valence-corrected chi connectivity index (χ0v) is 51.8. The molecule has 0 bridgehead atoms. The number of halogens is 1. The van der Waals surface area contributed by atoms with Crippen molar-refractivity contribution in [3.63, 3.8) is 0 Å². The van der Waals surface area contributed by atoms with Gasteiger partial charge in [0.2, 0.25) is 0 Å². The van der Waals surface area contributed by atoms with Gasteiger partial charge in [-0.2, -0.15) is 0 Å². The van der Waals surface area contributed by atoms with Crippen molar-refractivity contribution in [3.8, 4) is 23.0 Å². The van der Waals surface area contributed by atoms with Crippen LogP contribution in [-0.2, 0) is 22.1 Å². The van der Waals surface area contributed by atoms with Crippen molar-refractivity contribution in [3.05, 3.63) is 150 Å². The van der Waals surface area contributed by atoms with Gasteiger partial charge in [-0.25, -0.2) is 10.0 Å². The number of carbonyl (C=O) groups excluding carboxylic acids is 9. The van der Waals surface area contributed by atoms with Crippen molar-refractivity contribution in [2.75, 3.05) is 41.2 Å². The summed E-state index contributed by atoms with van der Waals surface area (Å²) in [5, 5.41) is 12.1. The molecule has 0 spiro atoms. The first kappa shape index (κ1) is 64.6. The number of methoxy groups -OCH3 is 3. The molecule has 22 nitrogen and oxygen atoms in total. The van der Waals surface area contributed by atoms with Gasteiger partial charge in [-0.15, -0.1) is 0 Å². The normalized spacial score (nSPS) is 16.2. The molecule has 0 radical (unpaired) electrons. The number of hydrazine groups is 2. The Kier molecular flexibility index (Phi) is 19.6. The first-order valence-electron chi connectivity index (χ1n) is 26.3. The van der Waals surface area contributed by atoms with Crippen LogP contribution in [0.3, 0.4) is 0 Å². The van der Waals surface area contributed by atoms with Crippen molar-refractivity contribution in [1.29, 1.82) is 0 Å². The molecule has 0 aromatic heterocycles. The third kappa shape index (κ3) is 12.7. The number of nitrogens with zero attached hydrogens (tertiary/aromatic N) is 2. The SMILES string of the molecule is COC(=O)I1(C(=O)OC)(C(=O)OC)OC(=O)c2ccccc21.Cc1cc(C)cc(C(=O)N(NC(=O)c2ccc3c(c2C)O[C@@H](C=O)CO3)C(C)(C)C)c1.Cc1cc(C)cc(C(=O)N(NC(=O)c2ccc3c(c2C)O[C@@H](CO)CO3)C(C)(C)C)c1. The fourth-order valence-corrected chi connectivity index (χ4v) is 18.4. The summed E-state index contributed by atoms with van der Waals surface area (Å²) in [6.45, 7) is 22.5. The largest absolute Gasteiger partial charge is 0.486 e. The molecule has 3 heterocycles. The number of aliphatic hydroxyl groups excluding tert-OH is 1. The van der Waals surface area contributed by atoms with Crippen LogP contribution in [-0.4, -0.2) is 127 Å². The number of nitrogens with one attached hydrogen (secondary N) is 2. The second-order valence-corrected chi connectivity index (χ2v) is 31.0. The molecule has 5 aromatic rings. The average molecular weight is 1280 g/mol. The van der Waals surface area contributed by atoms with Gasteiger partial charge < -0.3 is 24.1 Å². The molecular formula is C61H71IN4O18. The maximum absolute atomic E-state index is 13.3. The second kappa shape index (κ2) is 25.5. The van der Waals surface area contributed by atoms with E-state index in [1.54, 1.807) is 50.2 Å². The van der Waals surface area contributed by atoms with Crippen LogP contribution in [0.2, 0.25) is 0 Å². The average Bonchev–Trinajstić information content (AvgIpc) is 1.47. The molecule has 0 aliphatic carbocycles. The Morgan fingerprint density at radius 3 is 1.40 bits per heavy atom. The summed E-state index contributed by atoms with van der Waals surface area (Å²) in [6.07, 6.45) is -0.540. The Labute approximate surface area is 488 Å². The van der Waals surface area contributed by atoms with Crippen molar-refractivity contribution >= 4 is 65.3 Å². The minimum atomic E-state index is -6.22. The third-order valence-electron chi connectivity index (χ3n) is 13.1. The van der Waals surface area contributed by atoms with E-state index < -0.39 is 70.5 Å². The van der Waals surface area contributed by atoms with Crippen molar-refractivity contribution in [2.24, 2.45) is 0 Å². The van der Waals surface area contributed by atoms with Crippen LogP contribution in [0.15, 0.2) is 84.9 Å². The molecule has 3 aliphatic heterocycles. The monoisotopic (exact) mass is 1270 g/mol. The maximum atomic E-state index is 13.3. The number of carbonyl (C=O) groups is 9. The second-order valence-electron chi connectivity index (χ2n) is 21.8. The first-order valence-corrected chi connectivity index (χ1v) is 31.5. The molecule has 0 unspecified atom stereocenters. The molecule has 2 atom stereocenters. The number of rotatable bonds is 9. The number of amides is 4. The summed E-state index contributed by atoms with van der Waals surface area (Å²) in [7, 11) is 2.95. The van der Waals surface area contributed by atoms with Crippen LogP contribution >= 0.6 is 17.5 Å². The molecule has 84 heavy (non-hydrogen) atoms. The van der Waals surface area contributed by atoms with E-state index in [9.17, 15) is 48.3 Å². The van der Waals surface area contributed by atoms with Gasteiger partial charge in [0.15, 0.2) is 41.5 Å². The summed E-state index contributed by atoms with van der Waals surface area (Å²) in [6, 6.07) is 23.4. The summed E-state index contributed by atoms with van der Waals surface area (Å²) in [5.74, 6) is -0.644. The van der Waals surface area contributed by atoms with Gasteiger partial charge in [0, 0.05) is 33.4 Å². The van der Waals surface area contributed by atoms with Crippen LogP contribution < -0.4 is 29.8 Å². The van der Waals surface area contributed by atoms with Crippen LogP contribution in [0.25, 0.3) is 0 Å². The minimum Gasteiger partial charge on any atom is -0.486 e. The Morgan fingerprint density at radius 1 is 0.607 bits per heavy atom. The van der Waals surface area contributed by atoms with Crippen LogP contribution in [0.4, 0.5) is 14.4 Å². The molecular weight excluding hydrogens is 1200 g/mol. The van der Waals surface area contributed by atoms with E-state index in [1.807, 2.05) is 93.5 Å². The fraction of sp³-hybridized carbons (Fsp3) is 0.361. The van der Waals surface area contributed by atoms with Gasteiger partial charge in [-0.05, 0) is 132 Å². The molecule has 3 aliphatic rings.